The van der Waals surface area contributed by atoms with Crippen LogP contribution >= 0.6 is 0 Å². The van der Waals surface area contributed by atoms with Gasteiger partial charge in [-0.1, -0.05) is 12.1 Å². The summed E-state index contributed by atoms with van der Waals surface area (Å²) in [4.78, 5) is 22.6. The van der Waals surface area contributed by atoms with Gasteiger partial charge in [-0.15, -0.1) is 0 Å². The molecule has 132 valence electrons. The molecule has 25 heavy (non-hydrogen) atoms. The van der Waals surface area contributed by atoms with Crippen LogP contribution in [0.2, 0.25) is 0 Å². The predicted octanol–water partition coefficient (Wildman–Crippen LogP) is 2.54. The SMILES string of the molecule is Cc1cccc(OCC(=O)N2CCCC(Oc3ccnc(C)n3)C2)c1. The van der Waals surface area contributed by atoms with E-state index in [-0.39, 0.29) is 18.6 Å². The Labute approximate surface area is 147 Å². The van der Waals surface area contributed by atoms with Gasteiger partial charge in [0, 0.05) is 18.8 Å². The minimum atomic E-state index is -0.0500. The van der Waals surface area contributed by atoms with E-state index in [4.69, 9.17) is 9.47 Å². The van der Waals surface area contributed by atoms with Crippen molar-refractivity contribution in [2.24, 2.45) is 0 Å². The Morgan fingerprint density at radius 1 is 1.32 bits per heavy atom. The van der Waals surface area contributed by atoms with Crippen LogP contribution in [0.4, 0.5) is 0 Å². The second-order valence-corrected chi connectivity index (χ2v) is 6.27. The molecule has 0 radical (unpaired) electrons. The van der Waals surface area contributed by atoms with Gasteiger partial charge < -0.3 is 14.4 Å². The van der Waals surface area contributed by atoms with Gasteiger partial charge >= 0.3 is 0 Å². The fourth-order valence-corrected chi connectivity index (χ4v) is 2.87. The number of carbonyl (C=O) groups excluding carboxylic acids is 1. The van der Waals surface area contributed by atoms with Gasteiger partial charge in [0.25, 0.3) is 5.91 Å². The van der Waals surface area contributed by atoms with E-state index in [0.717, 1.165) is 30.7 Å². The van der Waals surface area contributed by atoms with E-state index in [1.807, 2.05) is 38.1 Å². The van der Waals surface area contributed by atoms with Gasteiger partial charge in [-0.05, 0) is 44.4 Å². The quantitative estimate of drug-likeness (QED) is 0.836. The van der Waals surface area contributed by atoms with Crippen molar-refractivity contribution >= 4 is 5.91 Å². The number of ether oxygens (including phenoxy) is 2. The van der Waals surface area contributed by atoms with Crippen molar-refractivity contribution in [1.29, 1.82) is 0 Å². The van der Waals surface area contributed by atoms with Gasteiger partial charge in [0.2, 0.25) is 5.88 Å². The fourth-order valence-electron chi connectivity index (χ4n) is 2.87. The van der Waals surface area contributed by atoms with E-state index in [1.54, 1.807) is 17.2 Å². The second kappa shape index (κ2) is 7.96. The second-order valence-electron chi connectivity index (χ2n) is 6.27. The lowest BCUT2D eigenvalue weighted by Gasteiger charge is -2.32. The summed E-state index contributed by atoms with van der Waals surface area (Å²) in [5.74, 6) is 1.93. The molecule has 0 N–H and O–H groups in total. The standard InChI is InChI=1S/C19H23N3O3/c1-14-5-3-6-16(11-14)24-13-19(23)22-10-4-7-17(12-22)25-18-8-9-20-15(2)21-18/h3,5-6,8-9,11,17H,4,7,10,12-13H2,1-2H3. The van der Waals surface area contributed by atoms with Gasteiger partial charge in [0.15, 0.2) is 6.61 Å². The van der Waals surface area contributed by atoms with Crippen molar-refractivity contribution in [1.82, 2.24) is 14.9 Å². The summed E-state index contributed by atoms with van der Waals surface area (Å²) in [7, 11) is 0. The summed E-state index contributed by atoms with van der Waals surface area (Å²) < 4.78 is 11.5. The van der Waals surface area contributed by atoms with Crippen LogP contribution in [0.1, 0.15) is 24.2 Å². The van der Waals surface area contributed by atoms with E-state index in [0.29, 0.717) is 18.2 Å². The summed E-state index contributed by atoms with van der Waals surface area (Å²) >= 11 is 0. The van der Waals surface area contributed by atoms with E-state index in [1.165, 1.54) is 0 Å². The van der Waals surface area contributed by atoms with E-state index in [2.05, 4.69) is 9.97 Å². The number of aromatic nitrogens is 2. The van der Waals surface area contributed by atoms with Gasteiger partial charge in [-0.2, -0.15) is 4.98 Å². The average molecular weight is 341 g/mol. The van der Waals surface area contributed by atoms with Crippen LogP contribution < -0.4 is 9.47 Å². The topological polar surface area (TPSA) is 64.5 Å². The maximum Gasteiger partial charge on any atom is 0.260 e. The first kappa shape index (κ1) is 17.2. The van der Waals surface area contributed by atoms with Crippen LogP contribution in [0.15, 0.2) is 36.5 Å². The smallest absolute Gasteiger partial charge is 0.260 e. The summed E-state index contributed by atoms with van der Waals surface area (Å²) in [6.45, 7) is 5.16. The molecule has 6 heteroatoms. The average Bonchev–Trinajstić information content (AvgIpc) is 2.60. The third-order valence-corrected chi connectivity index (χ3v) is 4.12. The van der Waals surface area contributed by atoms with Crippen molar-refractivity contribution in [2.45, 2.75) is 32.8 Å². The van der Waals surface area contributed by atoms with Crippen LogP contribution in [-0.4, -0.2) is 46.6 Å². The highest BCUT2D eigenvalue weighted by Crippen LogP contribution is 2.17. The zero-order valence-corrected chi connectivity index (χ0v) is 14.6. The monoisotopic (exact) mass is 341 g/mol. The summed E-state index contributed by atoms with van der Waals surface area (Å²) in [6.07, 6.45) is 3.45. The molecule has 1 atom stereocenters. The zero-order valence-electron chi connectivity index (χ0n) is 14.6. The molecule has 1 fully saturated rings. The van der Waals surface area contributed by atoms with Gasteiger partial charge in [-0.3, -0.25) is 4.79 Å². The molecule has 1 saturated heterocycles. The Bertz CT molecular complexity index is 735. The third kappa shape index (κ3) is 4.92. The zero-order chi connectivity index (χ0) is 17.6. The molecule has 1 aliphatic heterocycles. The van der Waals surface area contributed by atoms with Crippen LogP contribution in [0, 0.1) is 13.8 Å². The Balaban J connectivity index is 1.52. The number of rotatable bonds is 5. The third-order valence-electron chi connectivity index (χ3n) is 4.12. The number of amides is 1. The van der Waals surface area contributed by atoms with Crippen LogP contribution in [0.25, 0.3) is 0 Å². The molecule has 0 aliphatic carbocycles. The Hall–Kier alpha value is -2.63. The Kier molecular flexibility index (Phi) is 5.48. The highest BCUT2D eigenvalue weighted by atomic mass is 16.5. The van der Waals surface area contributed by atoms with Crippen molar-refractivity contribution < 1.29 is 14.3 Å². The number of carbonyl (C=O) groups is 1. The van der Waals surface area contributed by atoms with Crippen LogP contribution in [-0.2, 0) is 4.79 Å². The number of hydrogen-bond donors (Lipinski definition) is 0. The molecule has 6 nitrogen and oxygen atoms in total. The molecule has 0 bridgehead atoms. The lowest BCUT2D eigenvalue weighted by molar-refractivity contribution is -0.136. The highest BCUT2D eigenvalue weighted by molar-refractivity contribution is 5.77. The maximum atomic E-state index is 12.4. The first-order valence-electron chi connectivity index (χ1n) is 8.54. The first-order valence-corrected chi connectivity index (χ1v) is 8.54. The van der Waals surface area contributed by atoms with Crippen LogP contribution in [0.3, 0.4) is 0 Å². The van der Waals surface area contributed by atoms with Gasteiger partial charge in [0.1, 0.15) is 17.7 Å². The predicted molar refractivity (Wildman–Crippen MR) is 93.7 cm³/mol. The lowest BCUT2D eigenvalue weighted by atomic mass is 10.1. The number of benzene rings is 1. The Morgan fingerprint density at radius 3 is 3.00 bits per heavy atom. The molecule has 0 spiro atoms. The van der Waals surface area contributed by atoms with Crippen molar-refractivity contribution in [3.8, 4) is 11.6 Å². The first-order chi connectivity index (χ1) is 12.1. The minimum Gasteiger partial charge on any atom is -0.484 e. The molecule has 1 aromatic heterocycles. The van der Waals surface area contributed by atoms with Gasteiger partial charge in [0.05, 0.1) is 6.54 Å². The molecule has 1 amide bonds. The van der Waals surface area contributed by atoms with Crippen LogP contribution in [0.5, 0.6) is 11.6 Å². The number of piperidine rings is 1. The van der Waals surface area contributed by atoms with Crippen molar-refractivity contribution in [2.75, 3.05) is 19.7 Å². The van der Waals surface area contributed by atoms with Crippen molar-refractivity contribution in [3.63, 3.8) is 0 Å². The summed E-state index contributed by atoms with van der Waals surface area (Å²) in [6, 6.07) is 9.45. The molecular formula is C19H23N3O3. The molecule has 2 heterocycles. The molecule has 2 aromatic rings. The largest absolute Gasteiger partial charge is 0.484 e. The molecule has 0 saturated carbocycles. The van der Waals surface area contributed by atoms with Gasteiger partial charge in [-0.25, -0.2) is 4.98 Å². The normalized spacial score (nSPS) is 17.2. The highest BCUT2D eigenvalue weighted by Gasteiger charge is 2.25. The molecule has 1 aliphatic rings. The molecule has 1 aromatic carbocycles. The fraction of sp³-hybridized carbons (Fsp3) is 0.421. The summed E-state index contributed by atoms with van der Waals surface area (Å²) in [5.41, 5.74) is 1.11. The number of aryl methyl sites for hydroxylation is 2. The van der Waals surface area contributed by atoms with Crippen molar-refractivity contribution in [3.05, 3.63) is 47.9 Å². The number of likely N-dealkylation sites (tertiary alicyclic amines) is 1. The Morgan fingerprint density at radius 2 is 2.20 bits per heavy atom. The number of hydrogen-bond acceptors (Lipinski definition) is 5. The number of nitrogens with zero attached hydrogens (tertiary/aromatic N) is 3. The lowest BCUT2D eigenvalue weighted by Crippen LogP contribution is -2.46. The molecule has 3 rings (SSSR count). The summed E-state index contributed by atoms with van der Waals surface area (Å²) in [5, 5.41) is 0. The van der Waals surface area contributed by atoms with E-state index in [9.17, 15) is 4.79 Å². The van der Waals surface area contributed by atoms with E-state index < -0.39 is 0 Å². The van der Waals surface area contributed by atoms with E-state index >= 15 is 0 Å². The molecular weight excluding hydrogens is 318 g/mol. The minimum absolute atomic E-state index is 0.0197. The molecule has 1 unspecified atom stereocenters. The maximum absolute atomic E-state index is 12.4.